The number of nitrogens with one attached hydrogen (secondary N) is 1. The van der Waals surface area contributed by atoms with Gasteiger partial charge in [-0.05, 0) is 49.8 Å². The SMILES string of the molecule is CC(C)CC(=O)Nc1ccc(C(=O)N2CCCC(C(C)N)C2)cc1F. The first-order valence-electron chi connectivity index (χ1n) is 8.92. The third-order valence-electron chi connectivity index (χ3n) is 4.57. The van der Waals surface area contributed by atoms with E-state index in [-0.39, 0.29) is 35.4 Å². The zero-order chi connectivity index (χ0) is 18.6. The normalized spacial score (nSPS) is 19.0. The summed E-state index contributed by atoms with van der Waals surface area (Å²) >= 11 is 0. The molecule has 1 fully saturated rings. The molecule has 0 bridgehead atoms. The van der Waals surface area contributed by atoms with E-state index in [1.54, 1.807) is 11.0 Å². The van der Waals surface area contributed by atoms with Crippen molar-refractivity contribution >= 4 is 17.5 Å². The number of anilines is 1. The Morgan fingerprint density at radius 3 is 2.68 bits per heavy atom. The summed E-state index contributed by atoms with van der Waals surface area (Å²) in [7, 11) is 0. The molecule has 0 aromatic heterocycles. The maximum Gasteiger partial charge on any atom is 0.253 e. The van der Waals surface area contributed by atoms with Gasteiger partial charge in [-0.15, -0.1) is 0 Å². The lowest BCUT2D eigenvalue weighted by molar-refractivity contribution is -0.116. The van der Waals surface area contributed by atoms with Crippen molar-refractivity contribution in [2.75, 3.05) is 18.4 Å². The molecule has 2 rings (SSSR count). The van der Waals surface area contributed by atoms with E-state index < -0.39 is 5.82 Å². The van der Waals surface area contributed by atoms with Gasteiger partial charge in [-0.25, -0.2) is 4.39 Å². The van der Waals surface area contributed by atoms with Crippen LogP contribution in [0.2, 0.25) is 0 Å². The van der Waals surface area contributed by atoms with Crippen LogP contribution in [-0.2, 0) is 4.79 Å². The van der Waals surface area contributed by atoms with Crippen LogP contribution >= 0.6 is 0 Å². The van der Waals surface area contributed by atoms with Crippen LogP contribution in [0.1, 0.15) is 50.4 Å². The smallest absolute Gasteiger partial charge is 0.253 e. The van der Waals surface area contributed by atoms with Gasteiger partial charge in [-0.1, -0.05) is 13.8 Å². The summed E-state index contributed by atoms with van der Waals surface area (Å²) in [6, 6.07) is 4.24. The van der Waals surface area contributed by atoms with Gasteiger partial charge >= 0.3 is 0 Å². The average Bonchev–Trinajstić information content (AvgIpc) is 2.55. The Balaban J connectivity index is 2.06. The fraction of sp³-hybridized carbons (Fsp3) is 0.579. The summed E-state index contributed by atoms with van der Waals surface area (Å²) in [5, 5.41) is 2.55. The number of hydrogen-bond donors (Lipinski definition) is 2. The second kappa shape index (κ2) is 8.43. The third-order valence-corrected chi connectivity index (χ3v) is 4.57. The van der Waals surface area contributed by atoms with Gasteiger partial charge < -0.3 is 16.0 Å². The molecule has 1 heterocycles. The minimum absolute atomic E-state index is 0.0332. The summed E-state index contributed by atoms with van der Waals surface area (Å²) in [5.41, 5.74) is 6.36. The fourth-order valence-corrected chi connectivity index (χ4v) is 3.13. The molecule has 0 aliphatic carbocycles. The number of hydrogen-bond acceptors (Lipinski definition) is 3. The molecule has 25 heavy (non-hydrogen) atoms. The molecule has 5 nitrogen and oxygen atoms in total. The highest BCUT2D eigenvalue weighted by Gasteiger charge is 2.26. The number of benzene rings is 1. The summed E-state index contributed by atoms with van der Waals surface area (Å²) in [6.07, 6.45) is 2.24. The molecular formula is C19H28FN3O2. The number of likely N-dealkylation sites (tertiary alicyclic amines) is 1. The van der Waals surface area contributed by atoms with Crippen molar-refractivity contribution in [2.45, 2.75) is 46.1 Å². The highest BCUT2D eigenvalue weighted by molar-refractivity contribution is 5.96. The van der Waals surface area contributed by atoms with Crippen LogP contribution in [0, 0.1) is 17.7 Å². The molecular weight excluding hydrogens is 321 g/mol. The van der Waals surface area contributed by atoms with Gasteiger partial charge in [-0.2, -0.15) is 0 Å². The van der Waals surface area contributed by atoms with Crippen molar-refractivity contribution in [2.24, 2.45) is 17.6 Å². The molecule has 1 aromatic carbocycles. The Bertz CT molecular complexity index is 631. The van der Waals surface area contributed by atoms with Crippen LogP contribution in [0.5, 0.6) is 0 Å². The van der Waals surface area contributed by atoms with Gasteiger partial charge in [0.25, 0.3) is 5.91 Å². The maximum atomic E-state index is 14.3. The van der Waals surface area contributed by atoms with Crippen molar-refractivity contribution in [3.63, 3.8) is 0 Å². The molecule has 2 amide bonds. The van der Waals surface area contributed by atoms with Crippen molar-refractivity contribution in [3.05, 3.63) is 29.6 Å². The Labute approximate surface area is 148 Å². The van der Waals surface area contributed by atoms with Crippen LogP contribution in [-0.4, -0.2) is 35.8 Å². The number of piperidine rings is 1. The van der Waals surface area contributed by atoms with Gasteiger partial charge in [0.1, 0.15) is 5.82 Å². The average molecular weight is 349 g/mol. The van der Waals surface area contributed by atoms with Crippen LogP contribution in [0.15, 0.2) is 18.2 Å². The van der Waals surface area contributed by atoms with Gasteiger partial charge in [0.15, 0.2) is 0 Å². The Morgan fingerprint density at radius 1 is 1.36 bits per heavy atom. The van der Waals surface area contributed by atoms with Gasteiger partial charge in [0.2, 0.25) is 5.91 Å². The largest absolute Gasteiger partial charge is 0.338 e. The first-order chi connectivity index (χ1) is 11.8. The summed E-state index contributed by atoms with van der Waals surface area (Å²) < 4.78 is 14.3. The van der Waals surface area contributed by atoms with E-state index in [9.17, 15) is 14.0 Å². The Hall–Kier alpha value is -1.95. The molecule has 1 aliphatic rings. The standard InChI is InChI=1S/C19H28FN3O2/c1-12(2)9-18(24)22-17-7-6-14(10-16(17)20)19(25)23-8-4-5-15(11-23)13(3)21/h6-7,10,12-13,15H,4-5,8-9,11,21H2,1-3H3,(H,22,24). The number of carbonyl (C=O) groups is 2. The van der Waals surface area contributed by atoms with E-state index in [2.05, 4.69) is 5.32 Å². The summed E-state index contributed by atoms with van der Waals surface area (Å²) in [4.78, 5) is 26.1. The third kappa shape index (κ3) is 5.26. The summed E-state index contributed by atoms with van der Waals surface area (Å²) in [5.74, 6) is -0.546. The fourth-order valence-electron chi connectivity index (χ4n) is 3.13. The monoisotopic (exact) mass is 349 g/mol. The zero-order valence-electron chi connectivity index (χ0n) is 15.2. The lowest BCUT2D eigenvalue weighted by atomic mass is 9.92. The van der Waals surface area contributed by atoms with E-state index in [4.69, 9.17) is 5.73 Å². The highest BCUT2D eigenvalue weighted by atomic mass is 19.1. The zero-order valence-corrected chi connectivity index (χ0v) is 15.2. The number of rotatable bonds is 5. The molecule has 1 aliphatic heterocycles. The van der Waals surface area contributed by atoms with Gasteiger partial charge in [0.05, 0.1) is 5.69 Å². The first kappa shape index (κ1) is 19.4. The van der Waals surface area contributed by atoms with E-state index in [0.29, 0.717) is 25.1 Å². The topological polar surface area (TPSA) is 75.4 Å². The quantitative estimate of drug-likeness (QED) is 0.858. The second-order valence-electron chi connectivity index (χ2n) is 7.35. The lowest BCUT2D eigenvalue weighted by Crippen LogP contribution is -2.45. The lowest BCUT2D eigenvalue weighted by Gasteiger charge is -2.34. The second-order valence-corrected chi connectivity index (χ2v) is 7.35. The van der Waals surface area contributed by atoms with E-state index in [1.165, 1.54) is 12.1 Å². The minimum Gasteiger partial charge on any atom is -0.338 e. The number of nitrogens with two attached hydrogens (primary N) is 1. The van der Waals surface area contributed by atoms with E-state index in [1.807, 2.05) is 20.8 Å². The predicted molar refractivity (Wildman–Crippen MR) is 96.8 cm³/mol. The van der Waals surface area contributed by atoms with Crippen LogP contribution in [0.25, 0.3) is 0 Å². The number of carbonyl (C=O) groups excluding carboxylic acids is 2. The molecule has 0 saturated carbocycles. The Morgan fingerprint density at radius 2 is 2.08 bits per heavy atom. The first-order valence-corrected chi connectivity index (χ1v) is 8.92. The van der Waals surface area contributed by atoms with Gasteiger partial charge in [0, 0.05) is 31.1 Å². The van der Waals surface area contributed by atoms with Gasteiger partial charge in [-0.3, -0.25) is 9.59 Å². The van der Waals surface area contributed by atoms with Crippen molar-refractivity contribution in [1.29, 1.82) is 0 Å². The molecule has 0 spiro atoms. The Kier molecular flexibility index (Phi) is 6.53. The van der Waals surface area contributed by atoms with Crippen LogP contribution in [0.4, 0.5) is 10.1 Å². The van der Waals surface area contributed by atoms with E-state index >= 15 is 0 Å². The molecule has 2 unspecified atom stereocenters. The van der Waals surface area contributed by atoms with E-state index in [0.717, 1.165) is 12.8 Å². The predicted octanol–water partition coefficient (Wildman–Crippen LogP) is 3.01. The molecule has 1 saturated heterocycles. The van der Waals surface area contributed by atoms with Crippen LogP contribution < -0.4 is 11.1 Å². The molecule has 1 aromatic rings. The summed E-state index contributed by atoms with van der Waals surface area (Å²) in [6.45, 7) is 7.06. The molecule has 3 N–H and O–H groups in total. The molecule has 6 heteroatoms. The number of nitrogens with zero attached hydrogens (tertiary/aromatic N) is 1. The van der Waals surface area contributed by atoms with Crippen molar-refractivity contribution in [3.8, 4) is 0 Å². The van der Waals surface area contributed by atoms with Crippen LogP contribution in [0.3, 0.4) is 0 Å². The number of halogens is 1. The van der Waals surface area contributed by atoms with Crippen molar-refractivity contribution < 1.29 is 14.0 Å². The molecule has 0 radical (unpaired) electrons. The van der Waals surface area contributed by atoms with Crippen molar-refractivity contribution in [1.82, 2.24) is 4.90 Å². The minimum atomic E-state index is -0.594. The number of amides is 2. The maximum absolute atomic E-state index is 14.3. The molecule has 2 atom stereocenters. The highest BCUT2D eigenvalue weighted by Crippen LogP contribution is 2.22. The molecule has 138 valence electrons.